The zero-order valence-corrected chi connectivity index (χ0v) is 14.3. The van der Waals surface area contributed by atoms with Gasteiger partial charge >= 0.3 is 0 Å². The van der Waals surface area contributed by atoms with E-state index < -0.39 is 5.82 Å². The van der Waals surface area contributed by atoms with E-state index in [4.69, 9.17) is 0 Å². The lowest BCUT2D eigenvalue weighted by Crippen LogP contribution is -2.12. The van der Waals surface area contributed by atoms with Gasteiger partial charge in [0.15, 0.2) is 5.78 Å². The number of aromatic nitrogens is 1. The Hall–Kier alpha value is -3.54. The minimum Gasteiger partial charge on any atom is -0.341 e. The third-order valence-corrected chi connectivity index (χ3v) is 4.39. The highest BCUT2D eigenvalue weighted by Gasteiger charge is 2.16. The number of H-pyrrole nitrogens is 1. The molecule has 0 saturated heterocycles. The van der Waals surface area contributed by atoms with Crippen molar-refractivity contribution in [2.45, 2.75) is 12.8 Å². The van der Waals surface area contributed by atoms with E-state index in [0.717, 1.165) is 11.1 Å². The number of rotatable bonds is 5. The summed E-state index contributed by atoms with van der Waals surface area (Å²) in [5, 5.41) is 3.57. The molecular formula is C21H16FN3O2. The van der Waals surface area contributed by atoms with Crippen molar-refractivity contribution in [3.63, 3.8) is 0 Å². The Morgan fingerprint density at radius 3 is 2.70 bits per heavy atom. The number of Topliss-reactive ketones (excluding diaryl/α,β-unsaturated/α-hetero) is 1. The number of halogens is 1. The number of hydrogen-bond acceptors (Lipinski definition) is 3. The average Bonchev–Trinajstić information content (AvgIpc) is 3.30. The van der Waals surface area contributed by atoms with Crippen LogP contribution in [0.15, 0.2) is 65.8 Å². The molecule has 0 radical (unpaired) electrons. The summed E-state index contributed by atoms with van der Waals surface area (Å²) in [6.45, 7) is 0. The van der Waals surface area contributed by atoms with Gasteiger partial charge in [0.1, 0.15) is 11.6 Å². The molecule has 6 heteroatoms. The molecule has 134 valence electrons. The molecule has 0 saturated carbocycles. The summed E-state index contributed by atoms with van der Waals surface area (Å²) in [6, 6.07) is 12.5. The van der Waals surface area contributed by atoms with E-state index >= 15 is 0 Å². The molecule has 0 atom stereocenters. The number of para-hydroxylation sites is 1. The van der Waals surface area contributed by atoms with E-state index in [1.54, 1.807) is 18.3 Å². The number of ketones is 1. The second-order valence-corrected chi connectivity index (χ2v) is 6.30. The molecule has 2 aromatic carbocycles. The van der Waals surface area contributed by atoms with Crippen molar-refractivity contribution >= 4 is 34.1 Å². The quantitative estimate of drug-likeness (QED) is 0.657. The standard InChI is InChI=1S/C21H16FN3O2/c22-15-8-6-13(7-9-15)21(27)25-19-11-14-3-1-5-17(20(14)24-19)18(26)12-16-4-2-10-23-16/h1-3,5-11,24H,4,12H2,(H,25,27). The maximum atomic E-state index is 13.0. The molecule has 1 aromatic heterocycles. The van der Waals surface area contributed by atoms with Gasteiger partial charge in [0, 0.05) is 41.3 Å². The highest BCUT2D eigenvalue weighted by molar-refractivity contribution is 6.16. The number of fused-ring (bicyclic) bond motifs is 1. The van der Waals surface area contributed by atoms with Gasteiger partial charge in [-0.05, 0) is 36.4 Å². The molecule has 0 unspecified atom stereocenters. The maximum Gasteiger partial charge on any atom is 0.256 e. The number of aliphatic imine (C=N–C) groups is 1. The van der Waals surface area contributed by atoms with Gasteiger partial charge in [-0.25, -0.2) is 4.39 Å². The third kappa shape index (κ3) is 3.55. The number of carbonyl (C=O) groups is 2. The molecule has 0 fully saturated rings. The van der Waals surface area contributed by atoms with Gasteiger partial charge in [0.25, 0.3) is 5.91 Å². The first-order valence-corrected chi connectivity index (χ1v) is 8.52. The minimum absolute atomic E-state index is 0.0266. The number of aromatic amines is 1. The van der Waals surface area contributed by atoms with Crippen LogP contribution in [0.5, 0.6) is 0 Å². The molecule has 0 aliphatic carbocycles. The van der Waals surface area contributed by atoms with Crippen molar-refractivity contribution in [2.75, 3.05) is 5.32 Å². The lowest BCUT2D eigenvalue weighted by Gasteiger charge is -2.04. The number of amides is 1. The Bertz CT molecular complexity index is 1090. The van der Waals surface area contributed by atoms with Crippen molar-refractivity contribution in [3.8, 4) is 0 Å². The number of carbonyl (C=O) groups excluding carboxylic acids is 2. The molecule has 0 spiro atoms. The van der Waals surface area contributed by atoms with E-state index in [-0.39, 0.29) is 18.1 Å². The summed E-state index contributed by atoms with van der Waals surface area (Å²) in [5.74, 6) is -0.316. The Labute approximate surface area is 154 Å². The fourth-order valence-electron chi connectivity index (χ4n) is 3.05. The molecule has 2 N–H and O–H groups in total. The molecule has 1 aliphatic rings. The monoisotopic (exact) mass is 361 g/mol. The van der Waals surface area contributed by atoms with E-state index in [2.05, 4.69) is 15.3 Å². The van der Waals surface area contributed by atoms with Gasteiger partial charge in [0.05, 0.1) is 5.52 Å². The zero-order chi connectivity index (χ0) is 18.8. The normalized spacial score (nSPS) is 13.0. The van der Waals surface area contributed by atoms with Crippen molar-refractivity contribution in [1.82, 2.24) is 4.98 Å². The summed E-state index contributed by atoms with van der Waals surface area (Å²) in [4.78, 5) is 32.2. The van der Waals surface area contributed by atoms with Gasteiger partial charge in [-0.1, -0.05) is 18.2 Å². The summed E-state index contributed by atoms with van der Waals surface area (Å²) >= 11 is 0. The average molecular weight is 361 g/mol. The first kappa shape index (κ1) is 16.9. The summed E-state index contributed by atoms with van der Waals surface area (Å²) < 4.78 is 13.0. The first-order valence-electron chi connectivity index (χ1n) is 8.52. The zero-order valence-electron chi connectivity index (χ0n) is 14.3. The number of anilines is 1. The molecule has 4 rings (SSSR count). The summed E-state index contributed by atoms with van der Waals surface area (Å²) in [7, 11) is 0. The fourth-order valence-corrected chi connectivity index (χ4v) is 3.05. The molecule has 1 aliphatic heterocycles. The van der Waals surface area contributed by atoms with E-state index in [1.165, 1.54) is 24.3 Å². The van der Waals surface area contributed by atoms with Crippen LogP contribution in [-0.4, -0.2) is 22.4 Å². The van der Waals surface area contributed by atoms with Crippen LogP contribution in [0.1, 0.15) is 33.6 Å². The fraction of sp³-hybridized carbons (Fsp3) is 0.0952. The van der Waals surface area contributed by atoms with Gasteiger partial charge in [0.2, 0.25) is 0 Å². The number of nitrogens with one attached hydrogen (secondary N) is 2. The van der Waals surface area contributed by atoms with Crippen LogP contribution in [0.25, 0.3) is 10.9 Å². The SMILES string of the molecule is O=C(Nc1cc2cccc(C(=O)CC3=NC=CC3)c2[nH]1)c1ccc(F)cc1. The van der Waals surface area contributed by atoms with Crippen molar-refractivity contribution in [2.24, 2.45) is 4.99 Å². The molecular weight excluding hydrogens is 345 g/mol. The van der Waals surface area contributed by atoms with Gasteiger partial charge in [-0.3, -0.25) is 14.6 Å². The van der Waals surface area contributed by atoms with Crippen LogP contribution in [0.4, 0.5) is 10.2 Å². The number of hydrogen-bond donors (Lipinski definition) is 2. The number of nitrogens with zero attached hydrogens (tertiary/aromatic N) is 1. The van der Waals surface area contributed by atoms with E-state index in [9.17, 15) is 14.0 Å². The van der Waals surface area contributed by atoms with E-state index in [0.29, 0.717) is 28.9 Å². The van der Waals surface area contributed by atoms with Crippen molar-refractivity contribution in [3.05, 3.63) is 77.8 Å². The molecule has 5 nitrogen and oxygen atoms in total. The maximum absolute atomic E-state index is 13.0. The first-order chi connectivity index (χ1) is 13.1. The van der Waals surface area contributed by atoms with Gasteiger partial charge in [-0.2, -0.15) is 0 Å². The molecule has 1 amide bonds. The highest BCUT2D eigenvalue weighted by atomic mass is 19.1. The second kappa shape index (κ2) is 6.99. The molecule has 3 aromatic rings. The molecule has 0 bridgehead atoms. The van der Waals surface area contributed by atoms with Crippen LogP contribution < -0.4 is 5.32 Å². The van der Waals surface area contributed by atoms with Crippen molar-refractivity contribution in [1.29, 1.82) is 0 Å². The Morgan fingerprint density at radius 1 is 1.15 bits per heavy atom. The molecule has 27 heavy (non-hydrogen) atoms. The smallest absolute Gasteiger partial charge is 0.256 e. The Kier molecular flexibility index (Phi) is 4.38. The van der Waals surface area contributed by atoms with Crippen LogP contribution >= 0.6 is 0 Å². The predicted octanol–water partition coefficient (Wildman–Crippen LogP) is 4.49. The Morgan fingerprint density at radius 2 is 1.96 bits per heavy atom. The third-order valence-electron chi connectivity index (χ3n) is 4.39. The lowest BCUT2D eigenvalue weighted by molar-refractivity contribution is 0.0999. The largest absolute Gasteiger partial charge is 0.341 e. The number of benzene rings is 2. The van der Waals surface area contributed by atoms with Gasteiger partial charge in [-0.15, -0.1) is 0 Å². The second-order valence-electron chi connectivity index (χ2n) is 6.30. The van der Waals surface area contributed by atoms with Crippen LogP contribution in [0.3, 0.4) is 0 Å². The summed E-state index contributed by atoms with van der Waals surface area (Å²) in [5.41, 5.74) is 2.42. The lowest BCUT2D eigenvalue weighted by atomic mass is 10.0. The predicted molar refractivity (Wildman–Crippen MR) is 103 cm³/mol. The van der Waals surface area contributed by atoms with E-state index in [1.807, 2.05) is 18.2 Å². The highest BCUT2D eigenvalue weighted by Crippen LogP contribution is 2.24. The van der Waals surface area contributed by atoms with Crippen LogP contribution in [-0.2, 0) is 0 Å². The minimum atomic E-state index is -0.401. The topological polar surface area (TPSA) is 74.3 Å². The van der Waals surface area contributed by atoms with Gasteiger partial charge < -0.3 is 10.3 Å². The molecule has 2 heterocycles. The van der Waals surface area contributed by atoms with Crippen molar-refractivity contribution < 1.29 is 14.0 Å². The van der Waals surface area contributed by atoms with Crippen LogP contribution in [0.2, 0.25) is 0 Å². The van der Waals surface area contributed by atoms with Crippen LogP contribution in [0, 0.1) is 5.82 Å². The summed E-state index contributed by atoms with van der Waals surface area (Å²) in [6.07, 6.45) is 4.59. The Balaban J connectivity index is 1.57. The number of allylic oxidation sites excluding steroid dienone is 1.